The van der Waals surface area contributed by atoms with Crippen LogP contribution in [0.15, 0.2) is 24.3 Å². The van der Waals surface area contributed by atoms with E-state index in [4.69, 9.17) is 32.0 Å². The van der Waals surface area contributed by atoms with Gasteiger partial charge in [0.2, 0.25) is 0 Å². The average molecular weight is 668 g/mol. The summed E-state index contributed by atoms with van der Waals surface area (Å²) in [6.07, 6.45) is 5.40. The van der Waals surface area contributed by atoms with Gasteiger partial charge in [-0.1, -0.05) is 17.7 Å². The molecule has 2 bridgehead atoms. The Labute approximate surface area is 273 Å². The molecule has 5 aliphatic rings. The second-order valence-corrected chi connectivity index (χ2v) is 14.4. The second-order valence-electron chi connectivity index (χ2n) is 14.0. The number of alkyl halides is 2. The van der Waals surface area contributed by atoms with Gasteiger partial charge in [-0.2, -0.15) is 9.97 Å². The van der Waals surface area contributed by atoms with Gasteiger partial charge in [-0.15, -0.1) is 0 Å². The number of nitrogens with two attached hydrogens (primary N) is 1. The summed E-state index contributed by atoms with van der Waals surface area (Å²) in [5, 5.41) is 3.54. The summed E-state index contributed by atoms with van der Waals surface area (Å²) in [5.74, 6) is -5.19. The number of nitrogen functional groups attached to an aromatic ring is 1. The number of rotatable bonds is 4. The summed E-state index contributed by atoms with van der Waals surface area (Å²) in [6, 6.07) is 5.15. The fourth-order valence-electron chi connectivity index (χ4n) is 9.05. The fraction of sp³-hybridized carbons (Fsp3) is 0.500. The zero-order valence-corrected chi connectivity index (χ0v) is 26.4. The van der Waals surface area contributed by atoms with Crippen molar-refractivity contribution < 1.29 is 22.3 Å². The van der Waals surface area contributed by atoms with Crippen molar-refractivity contribution in [3.63, 3.8) is 0 Å². The molecule has 5 aliphatic heterocycles. The molecule has 0 amide bonds. The van der Waals surface area contributed by atoms with E-state index in [1.165, 1.54) is 18.2 Å². The smallest absolute Gasteiger partial charge is 0.319 e. The first-order chi connectivity index (χ1) is 22.6. The Kier molecular flexibility index (Phi) is 6.47. The molecule has 8 nitrogen and oxygen atoms in total. The molecule has 3 atom stereocenters. The first-order valence-corrected chi connectivity index (χ1v) is 16.8. The number of pyridine rings is 1. The molecule has 3 N–H and O–H groups in total. The molecular weight excluding hydrogens is 634 g/mol. The first-order valence-electron chi connectivity index (χ1n) is 16.5. The number of anilines is 2. The molecule has 9 rings (SSSR count). The van der Waals surface area contributed by atoms with Gasteiger partial charge in [-0.05, 0) is 81.6 Å². The van der Waals surface area contributed by atoms with E-state index in [0.29, 0.717) is 48.0 Å². The van der Waals surface area contributed by atoms with Crippen LogP contribution < -0.4 is 20.7 Å². The Morgan fingerprint density at radius 3 is 2.62 bits per heavy atom. The number of aromatic nitrogens is 3. The zero-order valence-electron chi connectivity index (χ0n) is 25.7. The molecular formula is C34H34ClF4N7O. The molecule has 2 aromatic heterocycles. The van der Waals surface area contributed by atoms with E-state index in [1.807, 2.05) is 0 Å². The van der Waals surface area contributed by atoms with Gasteiger partial charge in [-0.25, -0.2) is 27.9 Å². The summed E-state index contributed by atoms with van der Waals surface area (Å²) in [7, 11) is 0. The summed E-state index contributed by atoms with van der Waals surface area (Å²) < 4.78 is 70.6. The number of ether oxygens (including phenoxy) is 1. The first kappa shape index (κ1) is 29.6. The van der Waals surface area contributed by atoms with Crippen molar-refractivity contribution in [2.45, 2.75) is 81.0 Å². The lowest BCUT2D eigenvalue weighted by atomic mass is 9.92. The number of nitrogens with zero attached hydrogens (tertiary/aromatic N) is 5. The molecule has 4 saturated heterocycles. The quantitative estimate of drug-likeness (QED) is 0.143. The highest BCUT2D eigenvalue weighted by Crippen LogP contribution is 2.49. The lowest BCUT2D eigenvalue weighted by Gasteiger charge is -2.47. The van der Waals surface area contributed by atoms with E-state index in [9.17, 15) is 4.39 Å². The SMILES string of the molecule is Nc1cc(-c2nc3c4c(nc(OCC56CCCN5CCC6)nc4c2F)N2C[C@@]4(F)CC[C@](F)(N4)[C@H]2CCC3)c2c(Cl)c(F)ccc2c1. The molecule has 0 spiro atoms. The fourth-order valence-corrected chi connectivity index (χ4v) is 9.32. The zero-order chi connectivity index (χ0) is 32.3. The molecule has 0 radical (unpaired) electrons. The van der Waals surface area contributed by atoms with E-state index in [-0.39, 0.29) is 63.9 Å². The van der Waals surface area contributed by atoms with Crippen LogP contribution in [0.1, 0.15) is 57.1 Å². The maximum Gasteiger partial charge on any atom is 0.319 e. The maximum absolute atomic E-state index is 17.1. The standard InChI is InChI=1S/C34H34ClF4N7O/c35-26-21(36)7-6-18-14-19(40)15-20(24(18)26)28-27(37)29-25-22(41-28)4-1-5-23-34(39)11-10-33(38,44-34)16-46(23)30(25)43-31(42-29)47-17-32-8-2-12-45(32)13-3-9-32/h6-7,14-15,23,44H,1-5,8-13,16-17,40H2/t23-,33-,34+/m1/s1. The Morgan fingerprint density at radius 2 is 1.81 bits per heavy atom. The van der Waals surface area contributed by atoms with E-state index < -0.39 is 29.3 Å². The monoisotopic (exact) mass is 667 g/mol. The van der Waals surface area contributed by atoms with Crippen LogP contribution in [0.3, 0.4) is 0 Å². The number of aryl methyl sites for hydroxylation is 1. The number of halogens is 5. The van der Waals surface area contributed by atoms with Crippen LogP contribution in [0.25, 0.3) is 32.9 Å². The van der Waals surface area contributed by atoms with Crippen molar-refractivity contribution in [3.8, 4) is 17.3 Å². The summed E-state index contributed by atoms with van der Waals surface area (Å²) in [6.45, 7) is 2.16. The maximum atomic E-state index is 17.1. The van der Waals surface area contributed by atoms with Crippen molar-refractivity contribution in [3.05, 3.63) is 46.6 Å². The van der Waals surface area contributed by atoms with E-state index in [2.05, 4.69) is 15.2 Å². The molecule has 0 saturated carbocycles. The van der Waals surface area contributed by atoms with Crippen molar-refractivity contribution in [2.75, 3.05) is 36.9 Å². The molecule has 7 heterocycles. The molecule has 4 aromatic rings. The minimum atomic E-state index is -1.97. The summed E-state index contributed by atoms with van der Waals surface area (Å²) >= 11 is 6.47. The van der Waals surface area contributed by atoms with Crippen molar-refractivity contribution in [2.24, 2.45) is 0 Å². The number of piperazine rings is 1. The largest absolute Gasteiger partial charge is 0.461 e. The highest BCUT2D eigenvalue weighted by molar-refractivity contribution is 6.37. The van der Waals surface area contributed by atoms with Gasteiger partial charge in [0.05, 0.1) is 34.2 Å². The molecule has 4 fully saturated rings. The Morgan fingerprint density at radius 1 is 1.00 bits per heavy atom. The number of hydrogen-bond acceptors (Lipinski definition) is 8. The Balaban J connectivity index is 1.27. The van der Waals surface area contributed by atoms with Crippen LogP contribution in [-0.4, -0.2) is 69.3 Å². The molecule has 2 aromatic carbocycles. The van der Waals surface area contributed by atoms with Crippen LogP contribution in [0.5, 0.6) is 6.01 Å². The third kappa shape index (κ3) is 4.43. The van der Waals surface area contributed by atoms with Crippen LogP contribution in [0.4, 0.5) is 29.1 Å². The average Bonchev–Trinajstić information content (AvgIpc) is 3.69. The number of hydrogen-bond donors (Lipinski definition) is 2. The second kappa shape index (κ2) is 10.3. The third-order valence-corrected chi connectivity index (χ3v) is 11.6. The molecule has 0 unspecified atom stereocenters. The van der Waals surface area contributed by atoms with Crippen LogP contribution in [-0.2, 0) is 6.42 Å². The van der Waals surface area contributed by atoms with Gasteiger partial charge in [0, 0.05) is 29.5 Å². The van der Waals surface area contributed by atoms with Gasteiger partial charge in [0.15, 0.2) is 17.4 Å². The minimum Gasteiger partial charge on any atom is -0.461 e. The summed E-state index contributed by atoms with van der Waals surface area (Å²) in [5.41, 5.74) is 6.95. The number of nitrogens with one attached hydrogen (secondary N) is 1. The van der Waals surface area contributed by atoms with E-state index >= 15 is 13.2 Å². The Hall–Kier alpha value is -3.48. The van der Waals surface area contributed by atoms with Crippen LogP contribution in [0.2, 0.25) is 5.02 Å². The lowest BCUT2D eigenvalue weighted by Crippen LogP contribution is -2.68. The number of fused-ring (bicyclic) bond motifs is 7. The van der Waals surface area contributed by atoms with Crippen LogP contribution >= 0.6 is 11.6 Å². The lowest BCUT2D eigenvalue weighted by molar-refractivity contribution is 0.00892. The predicted molar refractivity (Wildman–Crippen MR) is 172 cm³/mol. The highest BCUT2D eigenvalue weighted by atomic mass is 35.5. The molecule has 13 heteroatoms. The van der Waals surface area contributed by atoms with Crippen molar-refractivity contribution >= 4 is 44.8 Å². The van der Waals surface area contributed by atoms with E-state index in [0.717, 1.165) is 38.8 Å². The number of benzene rings is 2. The van der Waals surface area contributed by atoms with Gasteiger partial charge < -0.3 is 15.4 Å². The predicted octanol–water partition coefficient (Wildman–Crippen LogP) is 6.61. The minimum absolute atomic E-state index is 0.0185. The van der Waals surface area contributed by atoms with Crippen LogP contribution in [0, 0.1) is 11.6 Å². The van der Waals surface area contributed by atoms with Gasteiger partial charge in [0.25, 0.3) is 0 Å². The molecule has 0 aliphatic carbocycles. The third-order valence-electron chi connectivity index (χ3n) is 11.2. The van der Waals surface area contributed by atoms with Gasteiger partial charge in [-0.3, -0.25) is 4.90 Å². The topological polar surface area (TPSA) is 92.4 Å². The molecule has 246 valence electrons. The van der Waals surface area contributed by atoms with Gasteiger partial charge in [0.1, 0.15) is 29.5 Å². The van der Waals surface area contributed by atoms with Gasteiger partial charge >= 0.3 is 6.01 Å². The van der Waals surface area contributed by atoms with Crippen molar-refractivity contribution in [1.29, 1.82) is 0 Å². The highest BCUT2D eigenvalue weighted by Gasteiger charge is 2.60. The molecule has 47 heavy (non-hydrogen) atoms. The van der Waals surface area contributed by atoms with Crippen molar-refractivity contribution in [1.82, 2.24) is 25.2 Å². The summed E-state index contributed by atoms with van der Waals surface area (Å²) in [4.78, 5) is 18.3. The normalized spacial score (nSPS) is 28.0. The van der Waals surface area contributed by atoms with E-state index in [1.54, 1.807) is 11.0 Å². The Bertz CT molecular complexity index is 1970.